The molecule has 0 spiro atoms. The lowest BCUT2D eigenvalue weighted by Crippen LogP contribution is -2.36. The first-order valence-corrected chi connectivity index (χ1v) is 13.7. The Bertz CT molecular complexity index is 1170. The zero-order valence-corrected chi connectivity index (χ0v) is 22.0. The van der Waals surface area contributed by atoms with Crippen molar-refractivity contribution in [3.8, 4) is 0 Å². The molecule has 0 saturated heterocycles. The maximum absolute atomic E-state index is 15.7. The van der Waals surface area contributed by atoms with E-state index < -0.39 is 18.3 Å². The van der Waals surface area contributed by atoms with Crippen molar-refractivity contribution >= 4 is 5.78 Å². The molecule has 38 heavy (non-hydrogen) atoms. The maximum atomic E-state index is 15.7. The van der Waals surface area contributed by atoms with Crippen LogP contribution in [0, 0.1) is 5.92 Å². The number of aryl methyl sites for hydroxylation is 1. The second-order valence-corrected chi connectivity index (χ2v) is 10.8. The molecule has 5 nitrogen and oxygen atoms in total. The molecule has 3 heterocycles. The number of halogens is 4. The molecule has 2 aromatic heterocycles. The Hall–Kier alpha value is -2.55. The lowest BCUT2D eigenvalue weighted by molar-refractivity contribution is -0.134. The van der Waals surface area contributed by atoms with Gasteiger partial charge in [0.15, 0.2) is 5.78 Å². The second kappa shape index (κ2) is 12.1. The summed E-state index contributed by atoms with van der Waals surface area (Å²) in [6.45, 7) is 4.40. The van der Waals surface area contributed by atoms with Crippen molar-refractivity contribution in [2.45, 2.75) is 89.5 Å². The minimum Gasteiger partial charge on any atom is -0.306 e. The van der Waals surface area contributed by atoms with Crippen molar-refractivity contribution in [1.29, 1.82) is 0 Å². The molecule has 0 N–H and O–H groups in total. The first kappa shape index (κ1) is 28.5. The van der Waals surface area contributed by atoms with E-state index in [-0.39, 0.29) is 23.7 Å². The van der Waals surface area contributed by atoms with Gasteiger partial charge in [0, 0.05) is 62.9 Å². The van der Waals surface area contributed by atoms with Gasteiger partial charge in [0.05, 0.1) is 5.69 Å². The van der Waals surface area contributed by atoms with E-state index in [1.54, 1.807) is 18.2 Å². The lowest BCUT2D eigenvalue weighted by Gasteiger charge is -2.35. The number of ketones is 1. The fraction of sp³-hybridized carbons (Fsp3) is 0.621. The van der Waals surface area contributed by atoms with Crippen LogP contribution in [0.5, 0.6) is 0 Å². The van der Waals surface area contributed by atoms with Gasteiger partial charge in [0.25, 0.3) is 5.56 Å². The molecule has 1 fully saturated rings. The van der Waals surface area contributed by atoms with E-state index in [0.29, 0.717) is 76.0 Å². The molecule has 0 unspecified atom stereocenters. The van der Waals surface area contributed by atoms with E-state index in [4.69, 9.17) is 0 Å². The first-order chi connectivity index (χ1) is 18.0. The summed E-state index contributed by atoms with van der Waals surface area (Å²) in [4.78, 5) is 31.6. The molecule has 1 aliphatic carbocycles. The van der Waals surface area contributed by atoms with Crippen molar-refractivity contribution in [3.05, 3.63) is 63.3 Å². The third kappa shape index (κ3) is 7.52. The molecule has 0 radical (unpaired) electrons. The molecule has 0 bridgehead atoms. The Kier molecular flexibility index (Phi) is 9.06. The minimum absolute atomic E-state index is 0.0554. The number of Topliss-reactive ketones (excluding diaryl/α,β-unsaturated/α-hetero) is 1. The van der Waals surface area contributed by atoms with Crippen LogP contribution in [0.2, 0.25) is 0 Å². The zero-order chi connectivity index (χ0) is 27.3. The number of carbonyl (C=O) groups excluding carboxylic acids is 1. The van der Waals surface area contributed by atoms with Gasteiger partial charge in [-0.3, -0.25) is 14.6 Å². The average molecular weight is 536 g/mol. The van der Waals surface area contributed by atoms with Gasteiger partial charge in [-0.1, -0.05) is 12.1 Å². The molecule has 2 aliphatic rings. The molecule has 208 valence electrons. The SMILES string of the molecule is CCn1c(C(=O)CC2CCC(F)(CCN3CCc4ccc(CCC(F)(F)F)nc4CC3)CC2)cccc1=O. The van der Waals surface area contributed by atoms with Crippen molar-refractivity contribution in [2.75, 3.05) is 19.6 Å². The van der Waals surface area contributed by atoms with Crippen molar-refractivity contribution in [3.63, 3.8) is 0 Å². The fourth-order valence-electron chi connectivity index (χ4n) is 5.77. The molecule has 9 heteroatoms. The first-order valence-electron chi connectivity index (χ1n) is 13.7. The van der Waals surface area contributed by atoms with Crippen LogP contribution in [0.1, 0.15) is 79.3 Å². The summed E-state index contributed by atoms with van der Waals surface area (Å²) in [6, 6.07) is 8.34. The van der Waals surface area contributed by atoms with Crippen LogP contribution in [0.25, 0.3) is 0 Å². The van der Waals surface area contributed by atoms with Gasteiger partial charge in [-0.15, -0.1) is 0 Å². The second-order valence-electron chi connectivity index (χ2n) is 10.8. The Morgan fingerprint density at radius 2 is 1.84 bits per heavy atom. The Morgan fingerprint density at radius 1 is 1.11 bits per heavy atom. The van der Waals surface area contributed by atoms with Crippen LogP contribution < -0.4 is 5.56 Å². The van der Waals surface area contributed by atoms with Crippen molar-refractivity contribution in [1.82, 2.24) is 14.5 Å². The molecule has 2 aromatic rings. The minimum atomic E-state index is -4.19. The largest absolute Gasteiger partial charge is 0.389 e. The quantitative estimate of drug-likeness (QED) is 0.305. The summed E-state index contributed by atoms with van der Waals surface area (Å²) in [5.41, 5.74) is 1.40. The number of rotatable bonds is 9. The number of hydrogen-bond donors (Lipinski definition) is 0. The van der Waals surface area contributed by atoms with Gasteiger partial charge in [0.1, 0.15) is 5.67 Å². The summed E-state index contributed by atoms with van der Waals surface area (Å²) in [5, 5.41) is 0. The van der Waals surface area contributed by atoms with Gasteiger partial charge < -0.3 is 9.47 Å². The maximum Gasteiger partial charge on any atom is 0.389 e. The summed E-state index contributed by atoms with van der Waals surface area (Å²) in [7, 11) is 0. The predicted molar refractivity (Wildman–Crippen MR) is 138 cm³/mol. The van der Waals surface area contributed by atoms with E-state index in [1.807, 2.05) is 13.0 Å². The Labute approximate surface area is 221 Å². The normalized spacial score (nSPS) is 22.6. The fourth-order valence-corrected chi connectivity index (χ4v) is 5.77. The van der Waals surface area contributed by atoms with E-state index in [9.17, 15) is 22.8 Å². The highest BCUT2D eigenvalue weighted by Crippen LogP contribution is 2.39. The third-order valence-electron chi connectivity index (χ3n) is 8.16. The van der Waals surface area contributed by atoms with Crippen LogP contribution in [-0.4, -0.2) is 51.7 Å². The van der Waals surface area contributed by atoms with Crippen LogP contribution in [0.15, 0.2) is 35.1 Å². The molecule has 0 aromatic carbocycles. The highest BCUT2D eigenvalue weighted by Gasteiger charge is 2.36. The van der Waals surface area contributed by atoms with Crippen molar-refractivity contribution in [2.24, 2.45) is 5.92 Å². The predicted octanol–water partition coefficient (Wildman–Crippen LogP) is 5.72. The molecular weight excluding hydrogens is 498 g/mol. The number of alkyl halides is 4. The van der Waals surface area contributed by atoms with Gasteiger partial charge >= 0.3 is 6.18 Å². The van der Waals surface area contributed by atoms with Crippen LogP contribution in [0.3, 0.4) is 0 Å². The smallest absolute Gasteiger partial charge is 0.306 e. The third-order valence-corrected chi connectivity index (χ3v) is 8.16. The molecule has 1 saturated carbocycles. The van der Waals surface area contributed by atoms with Gasteiger partial charge in [0.2, 0.25) is 0 Å². The van der Waals surface area contributed by atoms with E-state index >= 15 is 4.39 Å². The van der Waals surface area contributed by atoms with Gasteiger partial charge in [-0.2, -0.15) is 13.2 Å². The number of pyridine rings is 2. The molecular formula is C29H37F4N3O2. The topological polar surface area (TPSA) is 55.2 Å². The zero-order valence-electron chi connectivity index (χ0n) is 22.0. The van der Waals surface area contributed by atoms with E-state index in [0.717, 1.165) is 24.2 Å². The number of carbonyl (C=O) groups is 1. The highest BCUT2D eigenvalue weighted by molar-refractivity contribution is 5.94. The molecule has 1 aliphatic heterocycles. The Morgan fingerprint density at radius 3 is 2.55 bits per heavy atom. The standard InChI is InChI=1S/C29H37F4N3O2/c1-2-36-25(4-3-5-27(36)38)26(37)20-21-8-13-28(30,14-9-21)16-19-35-17-11-22-6-7-23(10-15-29(31,32)33)34-24(22)12-18-35/h3-7,21H,2,8-20H2,1H3. The molecule has 0 atom stereocenters. The van der Waals surface area contributed by atoms with Gasteiger partial charge in [-0.25, -0.2) is 4.39 Å². The monoisotopic (exact) mass is 535 g/mol. The van der Waals surface area contributed by atoms with Crippen LogP contribution in [0.4, 0.5) is 17.6 Å². The van der Waals surface area contributed by atoms with E-state index in [2.05, 4.69) is 9.88 Å². The average Bonchev–Trinajstić information content (AvgIpc) is 3.09. The van der Waals surface area contributed by atoms with E-state index in [1.165, 1.54) is 10.6 Å². The lowest BCUT2D eigenvalue weighted by atomic mass is 9.76. The van der Waals surface area contributed by atoms with Gasteiger partial charge in [-0.05, 0) is 75.5 Å². The van der Waals surface area contributed by atoms with Crippen molar-refractivity contribution < 1.29 is 22.4 Å². The molecule has 4 rings (SSSR count). The molecule has 0 amide bonds. The number of nitrogens with zero attached hydrogens (tertiary/aromatic N) is 3. The number of hydrogen-bond acceptors (Lipinski definition) is 4. The number of fused-ring (bicyclic) bond motifs is 1. The summed E-state index contributed by atoms with van der Waals surface area (Å²) < 4.78 is 54.8. The summed E-state index contributed by atoms with van der Waals surface area (Å²) >= 11 is 0. The van der Waals surface area contributed by atoms with Crippen LogP contribution >= 0.6 is 0 Å². The Balaban J connectivity index is 1.24. The van der Waals surface area contributed by atoms with Crippen LogP contribution in [-0.2, 0) is 25.8 Å². The number of aromatic nitrogens is 2. The summed E-state index contributed by atoms with van der Waals surface area (Å²) in [5.74, 6) is 0.0671. The summed E-state index contributed by atoms with van der Waals surface area (Å²) in [6.07, 6.45) is -0.825. The highest BCUT2D eigenvalue weighted by atomic mass is 19.4.